The summed E-state index contributed by atoms with van der Waals surface area (Å²) in [5, 5.41) is 7.18. The minimum atomic E-state index is -0.610. The molecule has 2 heterocycles. The molecule has 0 aliphatic carbocycles. The van der Waals surface area contributed by atoms with Gasteiger partial charge in [-0.1, -0.05) is 6.07 Å². The number of aryl methyl sites for hydroxylation is 3. The number of fused-ring (bicyclic) bond motifs is 1. The maximum Gasteiger partial charge on any atom is 0.358 e. The van der Waals surface area contributed by atoms with Crippen LogP contribution in [0.25, 0.3) is 10.9 Å². The number of methoxy groups -OCH3 is 1. The van der Waals surface area contributed by atoms with Crippen molar-refractivity contribution in [2.24, 2.45) is 14.1 Å². The van der Waals surface area contributed by atoms with E-state index in [-0.39, 0.29) is 17.1 Å². The van der Waals surface area contributed by atoms with Crippen molar-refractivity contribution in [3.8, 4) is 0 Å². The number of hydrogen-bond donors (Lipinski definition) is 1. The topological polar surface area (TPSA) is 78.2 Å². The molecule has 2 aromatic heterocycles. The third kappa shape index (κ3) is 2.65. The van der Waals surface area contributed by atoms with Gasteiger partial charge in [0.15, 0.2) is 5.69 Å². The summed E-state index contributed by atoms with van der Waals surface area (Å²) in [4.78, 5) is 24.6. The van der Waals surface area contributed by atoms with E-state index < -0.39 is 17.7 Å². The Kier molecular flexibility index (Phi) is 4.03. The maximum absolute atomic E-state index is 13.9. The molecule has 0 saturated carbocycles. The molecule has 3 rings (SSSR count). The third-order valence-electron chi connectivity index (χ3n) is 4.11. The van der Waals surface area contributed by atoms with Crippen LogP contribution in [0.3, 0.4) is 0 Å². The molecular weight excluding hydrogens is 327 g/mol. The van der Waals surface area contributed by atoms with Gasteiger partial charge in [0.2, 0.25) is 0 Å². The Bertz CT molecular complexity index is 1000. The molecule has 0 unspecified atom stereocenters. The Morgan fingerprint density at radius 3 is 2.64 bits per heavy atom. The van der Waals surface area contributed by atoms with Crippen LogP contribution < -0.4 is 5.32 Å². The van der Waals surface area contributed by atoms with Gasteiger partial charge in [0.05, 0.1) is 24.0 Å². The highest BCUT2D eigenvalue weighted by Gasteiger charge is 2.24. The average Bonchev–Trinajstić information content (AvgIpc) is 3.05. The van der Waals surface area contributed by atoms with Crippen LogP contribution in [0.1, 0.15) is 26.7 Å². The summed E-state index contributed by atoms with van der Waals surface area (Å²) in [7, 11) is 4.51. The van der Waals surface area contributed by atoms with Gasteiger partial charge in [-0.2, -0.15) is 5.10 Å². The summed E-state index contributed by atoms with van der Waals surface area (Å²) in [6.45, 7) is 1.67. The first-order valence-corrected chi connectivity index (χ1v) is 7.52. The van der Waals surface area contributed by atoms with Crippen molar-refractivity contribution >= 4 is 28.5 Å². The van der Waals surface area contributed by atoms with Crippen LogP contribution in [-0.2, 0) is 18.8 Å². The molecule has 0 saturated heterocycles. The molecule has 0 aliphatic heterocycles. The van der Waals surface area contributed by atoms with Gasteiger partial charge in [-0.15, -0.1) is 0 Å². The van der Waals surface area contributed by atoms with Crippen molar-refractivity contribution in [2.75, 3.05) is 12.4 Å². The molecule has 1 aromatic carbocycles. The quantitative estimate of drug-likeness (QED) is 0.740. The van der Waals surface area contributed by atoms with E-state index in [1.54, 1.807) is 37.7 Å². The molecule has 0 radical (unpaired) electrons. The number of carbonyl (C=O) groups is 2. The lowest BCUT2D eigenvalue weighted by Crippen LogP contribution is -2.18. The zero-order valence-corrected chi connectivity index (χ0v) is 14.3. The number of esters is 1. The first-order valence-electron chi connectivity index (χ1n) is 7.52. The summed E-state index contributed by atoms with van der Waals surface area (Å²) in [6.07, 6.45) is 0. The lowest BCUT2D eigenvalue weighted by molar-refractivity contribution is 0.0589. The lowest BCUT2D eigenvalue weighted by atomic mass is 10.2. The zero-order chi connectivity index (χ0) is 18.3. The molecule has 25 heavy (non-hydrogen) atoms. The summed E-state index contributed by atoms with van der Waals surface area (Å²) in [6, 6.07) is 6.12. The number of benzene rings is 1. The van der Waals surface area contributed by atoms with E-state index in [4.69, 9.17) is 4.74 Å². The predicted molar refractivity (Wildman–Crippen MR) is 90.1 cm³/mol. The first kappa shape index (κ1) is 16.7. The van der Waals surface area contributed by atoms with Crippen molar-refractivity contribution < 1.29 is 18.7 Å². The van der Waals surface area contributed by atoms with Crippen molar-refractivity contribution in [1.29, 1.82) is 0 Å². The predicted octanol–water partition coefficient (Wildman–Crippen LogP) is 2.40. The Morgan fingerprint density at radius 2 is 2.00 bits per heavy atom. The highest BCUT2D eigenvalue weighted by atomic mass is 19.1. The van der Waals surface area contributed by atoms with Crippen molar-refractivity contribution in [1.82, 2.24) is 14.3 Å². The van der Waals surface area contributed by atoms with Crippen LogP contribution in [-0.4, -0.2) is 33.3 Å². The van der Waals surface area contributed by atoms with E-state index in [9.17, 15) is 14.0 Å². The van der Waals surface area contributed by atoms with Crippen LogP contribution >= 0.6 is 0 Å². The van der Waals surface area contributed by atoms with E-state index >= 15 is 0 Å². The second-order valence-corrected chi connectivity index (χ2v) is 5.64. The summed E-state index contributed by atoms with van der Waals surface area (Å²) in [5.74, 6) is -1.49. The highest BCUT2D eigenvalue weighted by Crippen LogP contribution is 2.25. The van der Waals surface area contributed by atoms with Crippen LogP contribution in [0, 0.1) is 12.7 Å². The molecule has 0 fully saturated rings. The maximum atomic E-state index is 13.9. The largest absolute Gasteiger partial charge is 0.464 e. The number of halogens is 1. The smallest absolute Gasteiger partial charge is 0.358 e. The molecule has 8 heteroatoms. The van der Waals surface area contributed by atoms with Gasteiger partial charge < -0.3 is 14.6 Å². The number of amides is 1. The minimum Gasteiger partial charge on any atom is -0.464 e. The van der Waals surface area contributed by atoms with E-state index in [0.29, 0.717) is 16.6 Å². The molecule has 1 N–H and O–H groups in total. The second kappa shape index (κ2) is 6.04. The van der Waals surface area contributed by atoms with E-state index in [1.807, 2.05) is 0 Å². The number of nitrogens with zero attached hydrogens (tertiary/aromatic N) is 3. The normalized spacial score (nSPS) is 10.9. The number of nitrogens with one attached hydrogen (secondary N) is 1. The molecule has 3 aromatic rings. The molecule has 0 aliphatic rings. The van der Waals surface area contributed by atoms with Crippen LogP contribution in [0.5, 0.6) is 0 Å². The number of aromatic nitrogens is 3. The Balaban J connectivity index is 2.03. The van der Waals surface area contributed by atoms with Gasteiger partial charge in [-0.3, -0.25) is 9.48 Å². The van der Waals surface area contributed by atoms with Crippen molar-refractivity contribution in [2.45, 2.75) is 6.92 Å². The lowest BCUT2D eigenvalue weighted by Gasteiger charge is -2.08. The number of carbonyl (C=O) groups excluding carboxylic acids is 2. The second-order valence-electron chi connectivity index (χ2n) is 5.64. The Morgan fingerprint density at radius 1 is 1.28 bits per heavy atom. The number of anilines is 1. The van der Waals surface area contributed by atoms with Gasteiger partial charge >= 0.3 is 5.97 Å². The van der Waals surface area contributed by atoms with Crippen LogP contribution in [0.2, 0.25) is 0 Å². The highest BCUT2D eigenvalue weighted by molar-refractivity contribution is 6.09. The van der Waals surface area contributed by atoms with E-state index in [1.165, 1.54) is 23.9 Å². The number of hydrogen-bond acceptors (Lipinski definition) is 4. The minimum absolute atomic E-state index is 0.137. The molecule has 1 amide bonds. The SMILES string of the molecule is COC(=O)c1c(NC(=O)c2cc3c(F)cccc3n2C)c(C)nn1C. The first-order chi connectivity index (χ1) is 11.8. The van der Waals surface area contributed by atoms with Crippen LogP contribution in [0.15, 0.2) is 24.3 Å². The molecular formula is C17H17FN4O3. The van der Waals surface area contributed by atoms with E-state index in [0.717, 1.165) is 0 Å². The van der Waals surface area contributed by atoms with Crippen molar-refractivity contribution in [3.05, 3.63) is 47.2 Å². The monoisotopic (exact) mass is 344 g/mol. The fraction of sp³-hybridized carbons (Fsp3) is 0.235. The molecule has 0 spiro atoms. The number of rotatable bonds is 3. The Labute approximate surface area is 143 Å². The number of ether oxygens (including phenoxy) is 1. The van der Waals surface area contributed by atoms with E-state index in [2.05, 4.69) is 10.4 Å². The summed E-state index contributed by atoms with van der Waals surface area (Å²) >= 11 is 0. The standard InChI is InChI=1S/C17H17FN4O3/c1-9-14(15(17(24)25-4)22(3)20-9)19-16(23)13-8-10-11(18)6-5-7-12(10)21(13)2/h5-8H,1-4H3,(H,19,23). The molecule has 130 valence electrons. The summed E-state index contributed by atoms with van der Waals surface area (Å²) in [5.41, 5.74) is 1.74. The fourth-order valence-electron chi connectivity index (χ4n) is 2.86. The zero-order valence-electron chi connectivity index (χ0n) is 14.3. The third-order valence-corrected chi connectivity index (χ3v) is 4.11. The summed E-state index contributed by atoms with van der Waals surface area (Å²) < 4.78 is 21.6. The van der Waals surface area contributed by atoms with Gasteiger partial charge in [0.1, 0.15) is 11.5 Å². The average molecular weight is 344 g/mol. The molecule has 0 bridgehead atoms. The van der Waals surface area contributed by atoms with Crippen LogP contribution in [0.4, 0.5) is 10.1 Å². The molecule has 0 atom stereocenters. The van der Waals surface area contributed by atoms with Gasteiger partial charge in [-0.05, 0) is 25.1 Å². The molecule has 7 nitrogen and oxygen atoms in total. The fourth-order valence-corrected chi connectivity index (χ4v) is 2.86. The van der Waals surface area contributed by atoms with Gasteiger partial charge in [0.25, 0.3) is 5.91 Å². The van der Waals surface area contributed by atoms with Crippen molar-refractivity contribution in [3.63, 3.8) is 0 Å². The van der Waals surface area contributed by atoms with Gasteiger partial charge in [-0.25, -0.2) is 9.18 Å². The van der Waals surface area contributed by atoms with Gasteiger partial charge in [0, 0.05) is 19.5 Å². The Hall–Kier alpha value is -3.16.